The van der Waals surface area contributed by atoms with Gasteiger partial charge in [0.2, 0.25) is 0 Å². The molecule has 0 aromatic heterocycles. The molecule has 0 heterocycles. The van der Waals surface area contributed by atoms with Crippen molar-refractivity contribution < 1.29 is 0 Å². The number of fused-ring (bicyclic) bond motifs is 8. The van der Waals surface area contributed by atoms with E-state index < -0.39 is 0 Å². The lowest BCUT2D eigenvalue weighted by Crippen LogP contribution is -1.84. The zero-order chi connectivity index (χ0) is 21.5. The molecule has 7 aromatic carbocycles. The third-order valence-corrected chi connectivity index (χ3v) is 7.48. The van der Waals surface area contributed by atoms with Crippen LogP contribution in [-0.4, -0.2) is 0 Å². The number of benzene rings is 7. The van der Waals surface area contributed by atoms with Crippen LogP contribution >= 0.6 is 0 Å². The lowest BCUT2D eigenvalue weighted by molar-refractivity contribution is 1.27. The third-order valence-electron chi connectivity index (χ3n) is 7.48. The zero-order valence-electron chi connectivity index (χ0n) is 18.1. The van der Waals surface area contributed by atoms with Gasteiger partial charge in [-0.1, -0.05) is 54.6 Å². The molecule has 0 nitrogen and oxygen atoms in total. The lowest BCUT2D eigenvalue weighted by atomic mass is 9.94. The Morgan fingerprint density at radius 2 is 0.727 bits per heavy atom. The number of hydrogen-bond donors (Lipinski definition) is 0. The summed E-state index contributed by atoms with van der Waals surface area (Å²) in [7, 11) is 0. The molecule has 152 valence electrons. The van der Waals surface area contributed by atoms with Crippen LogP contribution in [-0.2, 0) is 6.42 Å². The molecule has 0 N–H and O–H groups in total. The summed E-state index contributed by atoms with van der Waals surface area (Å²) in [5, 5.41) is 13.1. The maximum atomic E-state index is 2.40. The summed E-state index contributed by atoms with van der Waals surface area (Å²) in [6, 6.07) is 41.0. The topological polar surface area (TPSA) is 0 Å². The van der Waals surface area contributed by atoms with E-state index in [2.05, 4.69) is 109 Å². The van der Waals surface area contributed by atoms with Gasteiger partial charge in [-0.2, -0.15) is 0 Å². The number of hydrogen-bond acceptors (Lipinski definition) is 0. The van der Waals surface area contributed by atoms with Gasteiger partial charge in [0, 0.05) is 0 Å². The van der Waals surface area contributed by atoms with Gasteiger partial charge in [-0.25, -0.2) is 0 Å². The van der Waals surface area contributed by atoms with Crippen LogP contribution in [0.25, 0.3) is 65.0 Å². The van der Waals surface area contributed by atoms with Crippen molar-refractivity contribution in [1.29, 1.82) is 0 Å². The zero-order valence-corrected chi connectivity index (χ0v) is 18.1. The first-order valence-corrected chi connectivity index (χ1v) is 11.6. The molecule has 0 heteroatoms. The molecule has 8 rings (SSSR count). The van der Waals surface area contributed by atoms with E-state index in [0.717, 1.165) is 6.42 Å². The van der Waals surface area contributed by atoms with Crippen molar-refractivity contribution in [3.8, 4) is 11.1 Å². The van der Waals surface area contributed by atoms with Gasteiger partial charge in [0.25, 0.3) is 0 Å². The largest absolute Gasteiger partial charge is 0.0619 e. The average molecular weight is 417 g/mol. The molecule has 1 aliphatic rings. The highest BCUT2D eigenvalue weighted by Gasteiger charge is 2.18. The van der Waals surface area contributed by atoms with Crippen LogP contribution in [0.4, 0.5) is 0 Å². The molecule has 0 fully saturated rings. The highest BCUT2D eigenvalue weighted by atomic mass is 14.2. The summed E-state index contributed by atoms with van der Waals surface area (Å²) in [4.78, 5) is 0. The van der Waals surface area contributed by atoms with E-state index >= 15 is 0 Å². The minimum absolute atomic E-state index is 1.04. The Kier molecular flexibility index (Phi) is 3.27. The smallest absolute Gasteiger partial charge is 0.00132 e. The molecule has 0 amide bonds. The molecular weight excluding hydrogens is 396 g/mol. The molecule has 0 radical (unpaired) electrons. The Hall–Kier alpha value is -4.16. The van der Waals surface area contributed by atoms with Crippen LogP contribution in [0.1, 0.15) is 11.1 Å². The van der Waals surface area contributed by atoms with E-state index in [4.69, 9.17) is 0 Å². The van der Waals surface area contributed by atoms with Crippen molar-refractivity contribution >= 4 is 53.9 Å². The maximum Gasteiger partial charge on any atom is -0.00132 e. The van der Waals surface area contributed by atoms with Crippen LogP contribution in [0.15, 0.2) is 109 Å². The van der Waals surface area contributed by atoms with Crippen molar-refractivity contribution in [2.45, 2.75) is 6.42 Å². The summed E-state index contributed by atoms with van der Waals surface area (Å²) in [5.41, 5.74) is 5.68. The quantitative estimate of drug-likeness (QED) is 0.216. The normalized spacial score (nSPS) is 12.7. The Bertz CT molecular complexity index is 1940. The molecule has 0 saturated carbocycles. The summed E-state index contributed by atoms with van der Waals surface area (Å²) < 4.78 is 0. The van der Waals surface area contributed by atoms with Gasteiger partial charge in [0.05, 0.1) is 0 Å². The van der Waals surface area contributed by atoms with E-state index in [9.17, 15) is 0 Å². The van der Waals surface area contributed by atoms with Gasteiger partial charge in [-0.3, -0.25) is 0 Å². The van der Waals surface area contributed by atoms with Gasteiger partial charge >= 0.3 is 0 Å². The predicted octanol–water partition coefficient (Wildman–Crippen LogP) is 9.02. The van der Waals surface area contributed by atoms with Crippen molar-refractivity contribution in [2.24, 2.45) is 0 Å². The maximum absolute atomic E-state index is 2.40. The summed E-state index contributed by atoms with van der Waals surface area (Å²) in [6.07, 6.45) is 1.04. The SMILES string of the molecule is c1ccc2c(c1)Cc1cc3cc4cc5cc6cc7ccccc7cc6cc5cc4cc3cc1-2. The molecule has 7 aromatic rings. The minimum atomic E-state index is 1.04. The van der Waals surface area contributed by atoms with Crippen LogP contribution in [0, 0.1) is 0 Å². The van der Waals surface area contributed by atoms with Crippen LogP contribution < -0.4 is 0 Å². The first-order valence-electron chi connectivity index (χ1n) is 11.6. The minimum Gasteiger partial charge on any atom is -0.0619 e. The fourth-order valence-corrected chi connectivity index (χ4v) is 5.83. The predicted molar refractivity (Wildman–Crippen MR) is 142 cm³/mol. The van der Waals surface area contributed by atoms with E-state index in [1.807, 2.05) is 0 Å². The average Bonchev–Trinajstić information content (AvgIpc) is 3.19. The first kappa shape index (κ1) is 17.4. The molecule has 33 heavy (non-hydrogen) atoms. The summed E-state index contributed by atoms with van der Waals surface area (Å²) >= 11 is 0. The van der Waals surface area contributed by atoms with E-state index in [0.29, 0.717) is 0 Å². The van der Waals surface area contributed by atoms with Gasteiger partial charge in [0.15, 0.2) is 0 Å². The Morgan fingerprint density at radius 1 is 0.303 bits per heavy atom. The highest BCUT2D eigenvalue weighted by Crippen LogP contribution is 2.40. The third kappa shape index (κ3) is 2.52. The van der Waals surface area contributed by atoms with Crippen LogP contribution in [0.5, 0.6) is 0 Å². The standard InChI is InChI=1S/C33H20/c1-2-6-21-10-24-13-26-15-28-17-30-19-33-31(11-22-7-3-4-8-32(22)33)18-29(30)16-27(28)14-25(26)12-23(24)9-20(21)5-1/h1-10,12-19H,11H2. The monoisotopic (exact) mass is 416 g/mol. The molecule has 0 aliphatic heterocycles. The van der Waals surface area contributed by atoms with Gasteiger partial charge in [-0.05, 0) is 137 Å². The Labute approximate surface area is 191 Å². The first-order chi connectivity index (χ1) is 16.3. The molecule has 0 saturated heterocycles. The van der Waals surface area contributed by atoms with E-state index in [1.165, 1.54) is 76.1 Å². The van der Waals surface area contributed by atoms with Crippen LogP contribution in [0.2, 0.25) is 0 Å². The second kappa shape index (κ2) is 6.21. The summed E-state index contributed by atoms with van der Waals surface area (Å²) in [6.45, 7) is 0. The molecule has 0 atom stereocenters. The fourth-order valence-electron chi connectivity index (χ4n) is 5.83. The lowest BCUT2D eigenvalue weighted by Gasteiger charge is -2.10. The molecule has 0 spiro atoms. The molecule has 0 bridgehead atoms. The van der Waals surface area contributed by atoms with E-state index in [-0.39, 0.29) is 0 Å². The molecular formula is C33H20. The summed E-state index contributed by atoms with van der Waals surface area (Å²) in [5.74, 6) is 0. The second-order valence-corrected chi connectivity index (χ2v) is 9.49. The Balaban J connectivity index is 1.38. The van der Waals surface area contributed by atoms with Gasteiger partial charge in [0.1, 0.15) is 0 Å². The fraction of sp³-hybridized carbons (Fsp3) is 0.0303. The Morgan fingerprint density at radius 3 is 1.30 bits per heavy atom. The van der Waals surface area contributed by atoms with Crippen LogP contribution in [0.3, 0.4) is 0 Å². The van der Waals surface area contributed by atoms with Crippen molar-refractivity contribution in [2.75, 3.05) is 0 Å². The molecule has 0 unspecified atom stereocenters. The van der Waals surface area contributed by atoms with Crippen molar-refractivity contribution in [1.82, 2.24) is 0 Å². The van der Waals surface area contributed by atoms with Crippen molar-refractivity contribution in [3.63, 3.8) is 0 Å². The van der Waals surface area contributed by atoms with Gasteiger partial charge < -0.3 is 0 Å². The van der Waals surface area contributed by atoms with Crippen molar-refractivity contribution in [3.05, 3.63) is 120 Å². The van der Waals surface area contributed by atoms with E-state index in [1.54, 1.807) is 0 Å². The number of rotatable bonds is 0. The highest BCUT2D eigenvalue weighted by molar-refractivity contribution is 6.10. The van der Waals surface area contributed by atoms with Gasteiger partial charge in [-0.15, -0.1) is 0 Å². The molecule has 1 aliphatic carbocycles. The second-order valence-electron chi connectivity index (χ2n) is 9.49.